The Balaban J connectivity index is 1.03. The van der Waals surface area contributed by atoms with Gasteiger partial charge in [0.1, 0.15) is 5.75 Å². The summed E-state index contributed by atoms with van der Waals surface area (Å²) >= 11 is 5.97. The average molecular weight is 500 g/mol. The number of nitrogens with zero attached hydrogens (tertiary/aromatic N) is 2. The van der Waals surface area contributed by atoms with E-state index in [-0.39, 0.29) is 42.0 Å². The van der Waals surface area contributed by atoms with Crippen molar-refractivity contribution in [2.75, 3.05) is 0 Å². The zero-order valence-corrected chi connectivity index (χ0v) is 18.5. The Morgan fingerprint density at radius 1 is 1.24 bits per heavy atom. The van der Waals surface area contributed by atoms with E-state index >= 15 is 0 Å². The van der Waals surface area contributed by atoms with Crippen LogP contribution in [0.4, 0.5) is 13.2 Å². The van der Waals surface area contributed by atoms with E-state index < -0.39 is 24.7 Å². The maximum absolute atomic E-state index is 12.8. The highest BCUT2D eigenvalue weighted by Gasteiger charge is 2.72. The third-order valence-corrected chi connectivity index (χ3v) is 7.64. The number of carbonyl (C=O) groups excluding carboxylic acids is 1. The predicted molar refractivity (Wildman–Crippen MR) is 109 cm³/mol. The van der Waals surface area contributed by atoms with Crippen LogP contribution in [0.5, 0.6) is 5.75 Å². The molecule has 2 bridgehead atoms. The summed E-state index contributed by atoms with van der Waals surface area (Å²) in [5.74, 6) is 0.814. The SMILES string of the molecule is O=C(NC12CC(c3nc(C4CC(OC(F)(F)F)C4)no3)(C1)C2)[C@H]1C[C@@H](O)c2cc(Cl)ccc2O1. The van der Waals surface area contributed by atoms with Crippen LogP contribution in [0.1, 0.15) is 67.8 Å². The lowest BCUT2D eigenvalue weighted by atomic mass is 9.39. The number of halogens is 4. The zero-order valence-electron chi connectivity index (χ0n) is 17.8. The van der Waals surface area contributed by atoms with Crippen molar-refractivity contribution in [3.63, 3.8) is 0 Å². The molecule has 7 rings (SSSR count). The average Bonchev–Trinajstić information content (AvgIpc) is 3.14. The van der Waals surface area contributed by atoms with Crippen molar-refractivity contribution in [2.24, 2.45) is 0 Å². The van der Waals surface area contributed by atoms with E-state index in [1.165, 1.54) is 0 Å². The second-order valence-electron chi connectivity index (χ2n) is 9.93. The molecule has 1 aromatic carbocycles. The largest absolute Gasteiger partial charge is 0.522 e. The molecule has 4 fully saturated rings. The van der Waals surface area contributed by atoms with E-state index in [0.29, 0.717) is 47.3 Å². The van der Waals surface area contributed by atoms with Crippen LogP contribution >= 0.6 is 11.6 Å². The van der Waals surface area contributed by atoms with E-state index in [1.807, 2.05) is 0 Å². The zero-order chi connectivity index (χ0) is 23.9. The summed E-state index contributed by atoms with van der Waals surface area (Å²) in [4.78, 5) is 17.3. The molecule has 1 aliphatic heterocycles. The maximum Gasteiger partial charge on any atom is 0.522 e. The summed E-state index contributed by atoms with van der Waals surface area (Å²) in [6.45, 7) is 0. The van der Waals surface area contributed by atoms with Gasteiger partial charge >= 0.3 is 6.36 Å². The van der Waals surface area contributed by atoms with Crippen molar-refractivity contribution in [1.82, 2.24) is 15.5 Å². The quantitative estimate of drug-likeness (QED) is 0.646. The second kappa shape index (κ2) is 7.32. The molecule has 0 spiro atoms. The van der Waals surface area contributed by atoms with Crippen LogP contribution in [0.25, 0.3) is 0 Å². The first-order valence-corrected chi connectivity index (χ1v) is 11.5. The molecule has 0 saturated heterocycles. The number of aliphatic hydroxyl groups excluding tert-OH is 1. The third-order valence-electron chi connectivity index (χ3n) is 7.40. The molecule has 12 heteroatoms. The van der Waals surface area contributed by atoms with Crippen molar-refractivity contribution >= 4 is 17.5 Å². The van der Waals surface area contributed by atoms with Crippen LogP contribution < -0.4 is 10.1 Å². The maximum atomic E-state index is 12.8. The number of aromatic nitrogens is 2. The molecule has 34 heavy (non-hydrogen) atoms. The van der Waals surface area contributed by atoms with Gasteiger partial charge in [0.2, 0.25) is 5.89 Å². The topological polar surface area (TPSA) is 107 Å². The molecule has 1 aromatic heterocycles. The summed E-state index contributed by atoms with van der Waals surface area (Å²) in [6, 6.07) is 4.92. The molecule has 182 valence electrons. The fourth-order valence-corrected chi connectivity index (χ4v) is 5.93. The molecule has 5 aliphatic rings. The van der Waals surface area contributed by atoms with Gasteiger partial charge in [0.15, 0.2) is 11.9 Å². The molecule has 2 heterocycles. The standard InChI is InChI=1S/C22H21ClF3N3O5/c23-11-1-2-15-13(5-11)14(30)6-16(32-15)18(31)28-21-7-20(8-21,9-21)19-27-17(29-34-19)10-3-12(4-10)33-22(24,25)26/h1-2,5,10,12,14,16,30H,3-4,6-9H2,(H,28,31)/t10?,12?,14-,16-,20?,21?/m1/s1. The highest BCUT2D eigenvalue weighted by Crippen LogP contribution is 2.67. The predicted octanol–water partition coefficient (Wildman–Crippen LogP) is 3.68. The molecule has 2 aromatic rings. The Bertz CT molecular complexity index is 1130. The summed E-state index contributed by atoms with van der Waals surface area (Å²) in [7, 11) is 0. The number of benzene rings is 1. The van der Waals surface area contributed by atoms with Gasteiger partial charge in [-0.1, -0.05) is 16.8 Å². The first-order valence-electron chi connectivity index (χ1n) is 11.1. The van der Waals surface area contributed by atoms with Crippen LogP contribution in [0.15, 0.2) is 22.7 Å². The summed E-state index contributed by atoms with van der Waals surface area (Å²) < 4.78 is 52.1. The van der Waals surface area contributed by atoms with Crippen molar-refractivity contribution in [1.29, 1.82) is 0 Å². The third kappa shape index (κ3) is 3.64. The number of ether oxygens (including phenoxy) is 2. The van der Waals surface area contributed by atoms with E-state index in [9.17, 15) is 23.1 Å². The Kier molecular flexibility index (Phi) is 4.76. The van der Waals surface area contributed by atoms with E-state index in [4.69, 9.17) is 20.9 Å². The van der Waals surface area contributed by atoms with Gasteiger partial charge < -0.3 is 19.7 Å². The van der Waals surface area contributed by atoms with Gasteiger partial charge in [0.05, 0.1) is 17.6 Å². The van der Waals surface area contributed by atoms with Gasteiger partial charge in [0, 0.05) is 28.5 Å². The van der Waals surface area contributed by atoms with Crippen LogP contribution in [-0.2, 0) is 14.9 Å². The number of amides is 1. The number of aliphatic hydroxyl groups is 1. The number of hydrogen-bond acceptors (Lipinski definition) is 7. The van der Waals surface area contributed by atoms with Crippen LogP contribution in [0.3, 0.4) is 0 Å². The van der Waals surface area contributed by atoms with E-state index in [0.717, 1.165) is 0 Å². The minimum atomic E-state index is -4.64. The Morgan fingerprint density at radius 2 is 1.97 bits per heavy atom. The molecular weight excluding hydrogens is 479 g/mol. The van der Waals surface area contributed by atoms with E-state index in [2.05, 4.69) is 20.2 Å². The minimum absolute atomic E-state index is 0.133. The molecule has 8 nitrogen and oxygen atoms in total. The van der Waals surface area contributed by atoms with Crippen molar-refractivity contribution in [2.45, 2.75) is 80.1 Å². The highest BCUT2D eigenvalue weighted by molar-refractivity contribution is 6.30. The normalized spacial score (nSPS) is 35.8. The number of hydrogen-bond donors (Lipinski definition) is 2. The second-order valence-corrected chi connectivity index (χ2v) is 10.4. The first kappa shape index (κ1) is 22.1. The van der Waals surface area contributed by atoms with Crippen molar-refractivity contribution in [3.8, 4) is 5.75 Å². The molecule has 1 amide bonds. The van der Waals surface area contributed by atoms with E-state index in [1.54, 1.807) is 18.2 Å². The lowest BCUT2D eigenvalue weighted by Gasteiger charge is -2.68. The molecule has 0 radical (unpaired) electrons. The van der Waals surface area contributed by atoms with Gasteiger partial charge in [-0.05, 0) is 50.3 Å². The smallest absolute Gasteiger partial charge is 0.480 e. The minimum Gasteiger partial charge on any atom is -0.480 e. The number of carbonyl (C=O) groups is 1. The van der Waals surface area contributed by atoms with Crippen LogP contribution in [0.2, 0.25) is 5.02 Å². The number of fused-ring (bicyclic) bond motifs is 1. The van der Waals surface area contributed by atoms with Crippen LogP contribution in [0, 0.1) is 0 Å². The number of rotatable bonds is 5. The fraction of sp³-hybridized carbons (Fsp3) is 0.591. The van der Waals surface area contributed by atoms with Crippen LogP contribution in [-0.4, -0.2) is 45.3 Å². The molecule has 4 saturated carbocycles. The summed E-state index contributed by atoms with van der Waals surface area (Å²) in [5, 5.41) is 17.9. The Hall–Kier alpha value is -2.37. The van der Waals surface area contributed by atoms with Crippen molar-refractivity contribution < 1.29 is 37.1 Å². The Labute approximate surface area is 196 Å². The van der Waals surface area contributed by atoms with Gasteiger partial charge in [-0.2, -0.15) is 4.98 Å². The molecular formula is C22H21ClF3N3O5. The molecule has 4 aliphatic carbocycles. The molecule has 2 atom stereocenters. The van der Waals surface area contributed by atoms with Gasteiger partial charge in [-0.25, -0.2) is 0 Å². The number of alkyl halides is 3. The lowest BCUT2D eigenvalue weighted by molar-refractivity contribution is -0.352. The monoisotopic (exact) mass is 499 g/mol. The summed E-state index contributed by atoms with van der Waals surface area (Å²) in [6.07, 6.45) is -4.71. The highest BCUT2D eigenvalue weighted by atomic mass is 35.5. The van der Waals surface area contributed by atoms with Crippen molar-refractivity contribution in [3.05, 3.63) is 40.5 Å². The fourth-order valence-electron chi connectivity index (χ4n) is 5.75. The first-order chi connectivity index (χ1) is 16.0. The van der Waals surface area contributed by atoms with Gasteiger partial charge in [0.25, 0.3) is 5.91 Å². The number of nitrogens with one attached hydrogen (secondary N) is 1. The van der Waals surface area contributed by atoms with Gasteiger partial charge in [-0.15, -0.1) is 13.2 Å². The molecule has 2 N–H and O–H groups in total. The summed E-state index contributed by atoms with van der Waals surface area (Å²) in [5.41, 5.74) is -0.112. The molecule has 0 unspecified atom stereocenters. The lowest BCUT2D eigenvalue weighted by Crippen LogP contribution is -2.77. The Morgan fingerprint density at radius 3 is 2.68 bits per heavy atom. The van der Waals surface area contributed by atoms with Gasteiger partial charge in [-0.3, -0.25) is 9.53 Å².